The molecule has 0 atom stereocenters. The molecular weight excluding hydrogens is 252 g/mol. The van der Waals surface area contributed by atoms with E-state index >= 15 is 0 Å². The molecule has 4 heteroatoms. The first-order valence-electron chi connectivity index (χ1n) is 6.40. The number of anilines is 1. The number of hydrogen-bond acceptors (Lipinski definition) is 3. The molecule has 0 radical (unpaired) electrons. The first-order chi connectivity index (χ1) is 9.75. The third-order valence-electron chi connectivity index (χ3n) is 2.78. The average Bonchev–Trinajstić information content (AvgIpc) is 2.49. The van der Waals surface area contributed by atoms with Crippen molar-refractivity contribution in [2.45, 2.75) is 12.8 Å². The monoisotopic (exact) mass is 268 g/mol. The second-order valence-corrected chi connectivity index (χ2v) is 4.30. The van der Waals surface area contributed by atoms with Gasteiger partial charge in [-0.05, 0) is 17.7 Å². The number of carboxylic acids is 1. The normalized spacial score (nSPS) is 11.1. The number of nitrogens with one attached hydrogen (secondary N) is 1. The van der Waals surface area contributed by atoms with Crippen LogP contribution in [0.3, 0.4) is 0 Å². The molecule has 2 aromatic rings. The Morgan fingerprint density at radius 3 is 2.15 bits per heavy atom. The molecule has 2 aromatic carbocycles. The van der Waals surface area contributed by atoms with E-state index in [9.17, 15) is 4.79 Å². The summed E-state index contributed by atoms with van der Waals surface area (Å²) in [6.07, 6.45) is 0.448. The highest BCUT2D eigenvalue weighted by molar-refractivity contribution is 6.02. The molecule has 2 rings (SSSR count). The van der Waals surface area contributed by atoms with Crippen LogP contribution in [0.5, 0.6) is 0 Å². The van der Waals surface area contributed by atoms with Crippen molar-refractivity contribution in [2.75, 3.05) is 5.43 Å². The fourth-order valence-corrected chi connectivity index (χ4v) is 1.77. The highest BCUT2D eigenvalue weighted by Crippen LogP contribution is 2.10. The molecule has 20 heavy (non-hydrogen) atoms. The molecule has 2 N–H and O–H groups in total. The van der Waals surface area contributed by atoms with E-state index in [4.69, 9.17) is 5.11 Å². The lowest BCUT2D eigenvalue weighted by Crippen LogP contribution is -2.07. The molecule has 0 aliphatic carbocycles. The molecule has 0 fully saturated rings. The molecule has 0 aromatic heterocycles. The van der Waals surface area contributed by atoms with Crippen molar-refractivity contribution in [1.29, 1.82) is 0 Å². The molecule has 0 aliphatic rings. The number of benzene rings is 2. The summed E-state index contributed by atoms with van der Waals surface area (Å²) in [7, 11) is 0. The Morgan fingerprint density at radius 2 is 1.55 bits per heavy atom. The van der Waals surface area contributed by atoms with Gasteiger partial charge in [-0.1, -0.05) is 48.5 Å². The molecule has 0 heterocycles. The van der Waals surface area contributed by atoms with Gasteiger partial charge in [-0.2, -0.15) is 5.10 Å². The van der Waals surface area contributed by atoms with Crippen LogP contribution in [0, 0.1) is 0 Å². The molecule has 0 bridgehead atoms. The Kier molecular flexibility index (Phi) is 4.89. The van der Waals surface area contributed by atoms with Crippen molar-refractivity contribution in [3.8, 4) is 0 Å². The van der Waals surface area contributed by atoms with Crippen LogP contribution in [0.25, 0.3) is 0 Å². The minimum atomic E-state index is -0.826. The molecular formula is C16H16N2O2. The third kappa shape index (κ3) is 4.24. The van der Waals surface area contributed by atoms with E-state index in [1.165, 1.54) is 0 Å². The van der Waals surface area contributed by atoms with Crippen LogP contribution in [-0.4, -0.2) is 16.8 Å². The van der Waals surface area contributed by atoms with Gasteiger partial charge in [0.2, 0.25) is 0 Å². The van der Waals surface area contributed by atoms with Crippen LogP contribution in [0.1, 0.15) is 18.4 Å². The van der Waals surface area contributed by atoms with E-state index < -0.39 is 5.97 Å². The molecule has 0 saturated heterocycles. The van der Waals surface area contributed by atoms with Crippen molar-refractivity contribution < 1.29 is 9.90 Å². The number of aliphatic carboxylic acids is 1. The quantitative estimate of drug-likeness (QED) is 0.623. The summed E-state index contributed by atoms with van der Waals surface area (Å²) in [5.74, 6) is -0.826. The molecule has 4 nitrogen and oxygen atoms in total. The van der Waals surface area contributed by atoms with Crippen LogP contribution in [-0.2, 0) is 4.79 Å². The second-order valence-electron chi connectivity index (χ2n) is 4.30. The zero-order chi connectivity index (χ0) is 14.2. The van der Waals surface area contributed by atoms with Gasteiger partial charge in [-0.15, -0.1) is 0 Å². The van der Waals surface area contributed by atoms with E-state index in [-0.39, 0.29) is 6.42 Å². The van der Waals surface area contributed by atoms with Crippen LogP contribution in [0.4, 0.5) is 5.69 Å². The van der Waals surface area contributed by atoms with Gasteiger partial charge in [-0.3, -0.25) is 10.2 Å². The predicted octanol–water partition coefficient (Wildman–Crippen LogP) is 3.37. The molecule has 0 spiro atoms. The van der Waals surface area contributed by atoms with E-state index in [0.717, 1.165) is 17.0 Å². The maximum Gasteiger partial charge on any atom is 0.303 e. The zero-order valence-electron chi connectivity index (χ0n) is 11.0. The van der Waals surface area contributed by atoms with Gasteiger partial charge in [0.05, 0.1) is 17.8 Å². The van der Waals surface area contributed by atoms with Gasteiger partial charge in [0.15, 0.2) is 0 Å². The standard InChI is InChI=1S/C16H16N2O2/c19-16(20)12-11-15(13-7-3-1-4-8-13)18-17-14-9-5-2-6-10-14/h1-10,17H,11-12H2,(H,19,20). The Hall–Kier alpha value is -2.62. The Balaban J connectivity index is 2.15. The minimum absolute atomic E-state index is 0.0597. The lowest BCUT2D eigenvalue weighted by molar-refractivity contribution is -0.136. The first-order valence-corrected chi connectivity index (χ1v) is 6.40. The summed E-state index contributed by atoms with van der Waals surface area (Å²) >= 11 is 0. The van der Waals surface area contributed by atoms with Gasteiger partial charge in [0.25, 0.3) is 0 Å². The topological polar surface area (TPSA) is 61.7 Å². The zero-order valence-corrected chi connectivity index (χ0v) is 11.0. The molecule has 102 valence electrons. The summed E-state index contributed by atoms with van der Waals surface area (Å²) in [6.45, 7) is 0. The third-order valence-corrected chi connectivity index (χ3v) is 2.78. The SMILES string of the molecule is O=C(O)CCC(=NNc1ccccc1)c1ccccc1. The van der Waals surface area contributed by atoms with Crippen LogP contribution < -0.4 is 5.43 Å². The van der Waals surface area contributed by atoms with E-state index in [0.29, 0.717) is 6.42 Å². The number of carbonyl (C=O) groups is 1. The molecule has 0 aliphatic heterocycles. The van der Waals surface area contributed by atoms with E-state index in [1.54, 1.807) is 0 Å². The summed E-state index contributed by atoms with van der Waals surface area (Å²) < 4.78 is 0. The summed E-state index contributed by atoms with van der Waals surface area (Å²) in [5, 5.41) is 13.2. The van der Waals surface area contributed by atoms with Gasteiger partial charge < -0.3 is 5.11 Å². The predicted molar refractivity (Wildman–Crippen MR) is 79.9 cm³/mol. The molecule has 0 amide bonds. The number of para-hydroxylation sites is 1. The molecule has 0 unspecified atom stereocenters. The Bertz CT molecular complexity index is 580. The fraction of sp³-hybridized carbons (Fsp3) is 0.125. The maximum absolute atomic E-state index is 10.7. The van der Waals surface area contributed by atoms with E-state index in [2.05, 4.69) is 10.5 Å². The van der Waals surface area contributed by atoms with Crippen molar-refractivity contribution in [2.24, 2.45) is 5.10 Å². The average molecular weight is 268 g/mol. The Morgan fingerprint density at radius 1 is 0.950 bits per heavy atom. The largest absolute Gasteiger partial charge is 0.481 e. The van der Waals surface area contributed by atoms with Crippen LogP contribution in [0.15, 0.2) is 65.8 Å². The lowest BCUT2D eigenvalue weighted by atomic mass is 10.1. The van der Waals surface area contributed by atoms with Crippen molar-refractivity contribution in [3.05, 3.63) is 66.2 Å². The number of hydrogen-bond donors (Lipinski definition) is 2. The summed E-state index contributed by atoms with van der Waals surface area (Å²) in [4.78, 5) is 10.7. The molecule has 0 saturated carbocycles. The van der Waals surface area contributed by atoms with Crippen molar-refractivity contribution in [3.63, 3.8) is 0 Å². The Labute approximate surface area is 117 Å². The van der Waals surface area contributed by atoms with Gasteiger partial charge in [-0.25, -0.2) is 0 Å². The van der Waals surface area contributed by atoms with Crippen LogP contribution in [0.2, 0.25) is 0 Å². The smallest absolute Gasteiger partial charge is 0.303 e. The lowest BCUT2D eigenvalue weighted by Gasteiger charge is -2.07. The second kappa shape index (κ2) is 7.09. The number of carboxylic acid groups (broad SMARTS) is 1. The summed E-state index contributed by atoms with van der Waals surface area (Å²) in [6, 6.07) is 19.2. The van der Waals surface area contributed by atoms with Crippen molar-refractivity contribution in [1.82, 2.24) is 0 Å². The highest BCUT2D eigenvalue weighted by Gasteiger charge is 2.06. The van der Waals surface area contributed by atoms with E-state index in [1.807, 2.05) is 60.7 Å². The fourth-order valence-electron chi connectivity index (χ4n) is 1.77. The van der Waals surface area contributed by atoms with Crippen molar-refractivity contribution >= 4 is 17.4 Å². The van der Waals surface area contributed by atoms with Gasteiger partial charge in [0, 0.05) is 6.42 Å². The number of rotatable bonds is 6. The minimum Gasteiger partial charge on any atom is -0.481 e. The number of nitrogens with zero attached hydrogens (tertiary/aromatic N) is 1. The van der Waals surface area contributed by atoms with Gasteiger partial charge >= 0.3 is 5.97 Å². The van der Waals surface area contributed by atoms with Gasteiger partial charge in [0.1, 0.15) is 0 Å². The summed E-state index contributed by atoms with van der Waals surface area (Å²) in [5.41, 5.74) is 5.49. The highest BCUT2D eigenvalue weighted by atomic mass is 16.4. The van der Waals surface area contributed by atoms with Crippen LogP contribution >= 0.6 is 0 Å². The maximum atomic E-state index is 10.7. The number of hydrazone groups is 1. The first kappa shape index (κ1) is 13.8.